The molecule has 0 saturated carbocycles. The molecule has 1 rings (SSSR count). The van der Waals surface area contributed by atoms with Crippen molar-refractivity contribution in [2.75, 3.05) is 39.0 Å². The number of carbonyl (C=O) groups is 1. The highest BCUT2D eigenvalue weighted by molar-refractivity contribution is 5.80. The predicted octanol–water partition coefficient (Wildman–Crippen LogP) is 1.04. The molecular weight excluding hydrogens is 240 g/mol. The molecule has 0 aromatic heterocycles. The first-order valence-electron chi connectivity index (χ1n) is 6.27. The van der Waals surface area contributed by atoms with E-state index in [4.69, 9.17) is 5.26 Å². The number of carbonyl (C=O) groups excluding carboxylic acids is 1. The number of rotatable bonds is 7. The van der Waals surface area contributed by atoms with Gasteiger partial charge in [0.2, 0.25) is 5.91 Å². The van der Waals surface area contributed by atoms with Gasteiger partial charge in [-0.25, -0.2) is 0 Å². The van der Waals surface area contributed by atoms with E-state index < -0.39 is 0 Å². The lowest BCUT2D eigenvalue weighted by Crippen LogP contribution is -2.31. The second-order valence-electron chi connectivity index (χ2n) is 4.55. The van der Waals surface area contributed by atoms with Crippen LogP contribution in [-0.2, 0) is 4.79 Å². The molecule has 1 amide bonds. The summed E-state index contributed by atoms with van der Waals surface area (Å²) in [6.45, 7) is 1.89. The van der Waals surface area contributed by atoms with Crippen molar-refractivity contribution in [1.29, 1.82) is 5.26 Å². The fourth-order valence-electron chi connectivity index (χ4n) is 1.53. The van der Waals surface area contributed by atoms with Gasteiger partial charge in [0.25, 0.3) is 0 Å². The maximum absolute atomic E-state index is 11.5. The Morgan fingerprint density at radius 1 is 1.32 bits per heavy atom. The highest BCUT2D eigenvalue weighted by Gasteiger charge is 2.00. The van der Waals surface area contributed by atoms with E-state index in [1.165, 1.54) is 0 Å². The quantitative estimate of drug-likeness (QED) is 0.719. The molecule has 0 atom stereocenters. The van der Waals surface area contributed by atoms with Gasteiger partial charge in [0.15, 0.2) is 0 Å². The van der Waals surface area contributed by atoms with Crippen LogP contribution in [-0.4, -0.2) is 44.5 Å². The van der Waals surface area contributed by atoms with Crippen molar-refractivity contribution in [2.45, 2.75) is 6.42 Å². The molecule has 0 spiro atoms. The number of anilines is 1. The van der Waals surface area contributed by atoms with E-state index in [1.807, 2.05) is 14.1 Å². The molecule has 0 aliphatic heterocycles. The molecule has 19 heavy (non-hydrogen) atoms. The Labute approximate surface area is 114 Å². The topological polar surface area (TPSA) is 68.2 Å². The number of amides is 1. The normalized spacial score (nSPS) is 10.0. The van der Waals surface area contributed by atoms with Gasteiger partial charge in [-0.1, -0.05) is 0 Å². The van der Waals surface area contributed by atoms with Gasteiger partial charge in [-0.05, 0) is 51.3 Å². The molecule has 1 aromatic carbocycles. The van der Waals surface area contributed by atoms with Crippen LogP contribution < -0.4 is 10.6 Å². The van der Waals surface area contributed by atoms with Crippen LogP contribution in [0.1, 0.15) is 12.0 Å². The summed E-state index contributed by atoms with van der Waals surface area (Å²) in [5.41, 5.74) is 1.45. The van der Waals surface area contributed by atoms with Gasteiger partial charge in [-0.2, -0.15) is 5.26 Å². The first-order chi connectivity index (χ1) is 9.11. The zero-order chi connectivity index (χ0) is 14.1. The Morgan fingerprint density at radius 3 is 2.58 bits per heavy atom. The van der Waals surface area contributed by atoms with Gasteiger partial charge >= 0.3 is 0 Å². The van der Waals surface area contributed by atoms with E-state index >= 15 is 0 Å². The first-order valence-corrected chi connectivity index (χ1v) is 6.27. The molecule has 0 aliphatic rings. The van der Waals surface area contributed by atoms with Crippen LogP contribution in [0.5, 0.6) is 0 Å². The fraction of sp³-hybridized carbons (Fsp3) is 0.429. The molecule has 0 saturated heterocycles. The van der Waals surface area contributed by atoms with Crippen LogP contribution in [0.4, 0.5) is 5.69 Å². The minimum Gasteiger partial charge on any atom is -0.376 e. The zero-order valence-electron chi connectivity index (χ0n) is 11.4. The molecule has 102 valence electrons. The Bertz CT molecular complexity index is 434. The van der Waals surface area contributed by atoms with Crippen molar-refractivity contribution >= 4 is 11.6 Å². The summed E-state index contributed by atoms with van der Waals surface area (Å²) in [5, 5.41) is 14.5. The van der Waals surface area contributed by atoms with Crippen molar-refractivity contribution in [3.8, 4) is 6.07 Å². The van der Waals surface area contributed by atoms with E-state index in [1.54, 1.807) is 24.3 Å². The molecule has 2 N–H and O–H groups in total. The molecule has 0 unspecified atom stereocenters. The molecule has 0 heterocycles. The Morgan fingerprint density at radius 2 is 2.00 bits per heavy atom. The van der Waals surface area contributed by atoms with Crippen LogP contribution in [0, 0.1) is 11.3 Å². The standard InChI is InChI=1S/C14H20N4O/c1-18(2)9-3-8-16-14(19)11-17-13-6-4-12(10-15)5-7-13/h4-7,17H,3,8-9,11H2,1-2H3,(H,16,19). The van der Waals surface area contributed by atoms with Gasteiger partial charge in [0.05, 0.1) is 18.2 Å². The molecule has 1 aromatic rings. The maximum atomic E-state index is 11.5. The Kier molecular flexibility index (Phi) is 6.41. The van der Waals surface area contributed by atoms with Crippen molar-refractivity contribution < 1.29 is 4.79 Å². The summed E-state index contributed by atoms with van der Waals surface area (Å²) < 4.78 is 0. The molecule has 0 radical (unpaired) electrons. The summed E-state index contributed by atoms with van der Waals surface area (Å²) in [6, 6.07) is 9.07. The van der Waals surface area contributed by atoms with E-state index in [0.717, 1.165) is 18.7 Å². The molecule has 0 bridgehead atoms. The van der Waals surface area contributed by atoms with Gasteiger partial charge in [0.1, 0.15) is 0 Å². The van der Waals surface area contributed by atoms with Crippen LogP contribution >= 0.6 is 0 Å². The molecule has 0 aliphatic carbocycles. The number of hydrogen-bond acceptors (Lipinski definition) is 4. The predicted molar refractivity (Wildman–Crippen MR) is 75.8 cm³/mol. The first kappa shape index (κ1) is 15.0. The SMILES string of the molecule is CN(C)CCCNC(=O)CNc1ccc(C#N)cc1. The average molecular weight is 260 g/mol. The van der Waals surface area contributed by atoms with Crippen LogP contribution in [0.25, 0.3) is 0 Å². The third-order valence-electron chi connectivity index (χ3n) is 2.57. The fourth-order valence-corrected chi connectivity index (χ4v) is 1.53. The van der Waals surface area contributed by atoms with E-state index in [2.05, 4.69) is 21.6 Å². The third-order valence-corrected chi connectivity index (χ3v) is 2.57. The highest BCUT2D eigenvalue weighted by Crippen LogP contribution is 2.07. The van der Waals surface area contributed by atoms with Crippen molar-refractivity contribution in [3.63, 3.8) is 0 Å². The molecular formula is C14H20N4O. The average Bonchev–Trinajstić information content (AvgIpc) is 2.41. The summed E-state index contributed by atoms with van der Waals surface area (Å²) in [6.07, 6.45) is 0.940. The van der Waals surface area contributed by atoms with E-state index in [-0.39, 0.29) is 12.5 Å². The lowest BCUT2D eigenvalue weighted by molar-refractivity contribution is -0.119. The van der Waals surface area contributed by atoms with E-state index in [0.29, 0.717) is 12.1 Å². The van der Waals surface area contributed by atoms with Crippen molar-refractivity contribution in [2.24, 2.45) is 0 Å². The number of nitrogens with zero attached hydrogens (tertiary/aromatic N) is 2. The summed E-state index contributed by atoms with van der Waals surface area (Å²) in [7, 11) is 4.02. The largest absolute Gasteiger partial charge is 0.376 e. The third kappa shape index (κ3) is 6.43. The Balaban J connectivity index is 2.20. The van der Waals surface area contributed by atoms with Crippen LogP contribution in [0.15, 0.2) is 24.3 Å². The summed E-state index contributed by atoms with van der Waals surface area (Å²) in [4.78, 5) is 13.6. The monoisotopic (exact) mass is 260 g/mol. The van der Waals surface area contributed by atoms with Gasteiger partial charge in [-0.15, -0.1) is 0 Å². The molecule has 5 heteroatoms. The smallest absolute Gasteiger partial charge is 0.239 e. The lowest BCUT2D eigenvalue weighted by atomic mass is 10.2. The van der Waals surface area contributed by atoms with Gasteiger partial charge in [0, 0.05) is 12.2 Å². The maximum Gasteiger partial charge on any atom is 0.239 e. The van der Waals surface area contributed by atoms with Gasteiger partial charge < -0.3 is 15.5 Å². The van der Waals surface area contributed by atoms with Crippen LogP contribution in [0.2, 0.25) is 0 Å². The van der Waals surface area contributed by atoms with Crippen molar-refractivity contribution in [3.05, 3.63) is 29.8 Å². The highest BCUT2D eigenvalue weighted by atomic mass is 16.1. The van der Waals surface area contributed by atoms with Gasteiger partial charge in [-0.3, -0.25) is 4.79 Å². The zero-order valence-corrected chi connectivity index (χ0v) is 11.4. The molecule has 5 nitrogen and oxygen atoms in total. The minimum absolute atomic E-state index is 0.0249. The summed E-state index contributed by atoms with van der Waals surface area (Å²) >= 11 is 0. The number of nitrogens with one attached hydrogen (secondary N) is 2. The number of benzene rings is 1. The second kappa shape index (κ2) is 8.11. The second-order valence-corrected chi connectivity index (χ2v) is 4.55. The number of nitriles is 1. The van der Waals surface area contributed by atoms with E-state index in [9.17, 15) is 4.79 Å². The minimum atomic E-state index is -0.0249. The van der Waals surface area contributed by atoms with Crippen molar-refractivity contribution in [1.82, 2.24) is 10.2 Å². The number of hydrogen-bond donors (Lipinski definition) is 2. The van der Waals surface area contributed by atoms with Crippen LogP contribution in [0.3, 0.4) is 0 Å². The molecule has 0 fully saturated rings. The lowest BCUT2D eigenvalue weighted by Gasteiger charge is -2.10. The summed E-state index contributed by atoms with van der Waals surface area (Å²) in [5.74, 6) is -0.0249. The Hall–Kier alpha value is -2.06.